The molecular weight excluding hydrogens is 238 g/mol. The number of hydrogen-bond acceptors (Lipinski definition) is 4. The van der Waals surface area contributed by atoms with E-state index in [2.05, 4.69) is 32.1 Å². The molecule has 0 N–H and O–H groups in total. The van der Waals surface area contributed by atoms with Crippen LogP contribution in [0.1, 0.15) is 18.5 Å². The molecule has 2 aromatic rings. The highest BCUT2D eigenvalue weighted by Gasteiger charge is 2.20. The van der Waals surface area contributed by atoms with Crippen molar-refractivity contribution in [2.45, 2.75) is 25.9 Å². The molecule has 0 radical (unpaired) electrons. The summed E-state index contributed by atoms with van der Waals surface area (Å²) in [7, 11) is 0. The number of rotatable bonds is 4. The summed E-state index contributed by atoms with van der Waals surface area (Å²) in [5.41, 5.74) is 1.16. The fraction of sp³-hybridized carbons (Fsp3) is 0.500. The van der Waals surface area contributed by atoms with E-state index in [1.165, 1.54) is 19.4 Å². The molecule has 0 aliphatic carbocycles. The third-order valence-corrected chi connectivity index (χ3v) is 3.63. The fourth-order valence-corrected chi connectivity index (χ4v) is 2.76. The standard InChI is InChI=1S/C14H19N5/c1-2-6-16-14(5-1)10-18-7-3-4-13(8-18)9-19-12-15-11-17-19/h1-2,5-6,11-13H,3-4,7-10H2/t13-/m0/s1. The Morgan fingerprint density at radius 3 is 3.11 bits per heavy atom. The maximum atomic E-state index is 4.40. The van der Waals surface area contributed by atoms with Gasteiger partial charge in [0.15, 0.2) is 0 Å². The number of nitrogens with zero attached hydrogens (tertiary/aromatic N) is 5. The first-order valence-corrected chi connectivity index (χ1v) is 6.85. The van der Waals surface area contributed by atoms with Crippen molar-refractivity contribution in [3.8, 4) is 0 Å². The van der Waals surface area contributed by atoms with Gasteiger partial charge in [-0.1, -0.05) is 6.07 Å². The summed E-state index contributed by atoms with van der Waals surface area (Å²) in [6.07, 6.45) is 7.81. The molecule has 2 aromatic heterocycles. The third-order valence-electron chi connectivity index (χ3n) is 3.63. The molecule has 19 heavy (non-hydrogen) atoms. The molecule has 0 spiro atoms. The highest BCUT2D eigenvalue weighted by molar-refractivity contribution is 5.03. The Bertz CT molecular complexity index is 482. The smallest absolute Gasteiger partial charge is 0.137 e. The molecule has 1 aliphatic heterocycles. The topological polar surface area (TPSA) is 46.8 Å². The summed E-state index contributed by atoms with van der Waals surface area (Å²) in [6, 6.07) is 6.12. The van der Waals surface area contributed by atoms with E-state index in [1.807, 2.05) is 16.9 Å². The fourth-order valence-electron chi connectivity index (χ4n) is 2.76. The lowest BCUT2D eigenvalue weighted by atomic mass is 9.98. The van der Waals surface area contributed by atoms with Crippen LogP contribution in [0.4, 0.5) is 0 Å². The van der Waals surface area contributed by atoms with E-state index in [9.17, 15) is 0 Å². The molecule has 0 bridgehead atoms. The lowest BCUT2D eigenvalue weighted by Gasteiger charge is -2.32. The zero-order valence-corrected chi connectivity index (χ0v) is 11.0. The van der Waals surface area contributed by atoms with Crippen LogP contribution in [-0.2, 0) is 13.1 Å². The summed E-state index contributed by atoms with van der Waals surface area (Å²) in [6.45, 7) is 4.22. The highest BCUT2D eigenvalue weighted by Crippen LogP contribution is 2.19. The zero-order valence-electron chi connectivity index (χ0n) is 11.0. The maximum Gasteiger partial charge on any atom is 0.137 e. The van der Waals surface area contributed by atoms with Crippen molar-refractivity contribution >= 4 is 0 Å². The van der Waals surface area contributed by atoms with Crippen LogP contribution < -0.4 is 0 Å². The molecule has 0 unspecified atom stereocenters. The SMILES string of the molecule is c1ccc(CN2CCC[C@H](Cn3cncn3)C2)nc1. The minimum absolute atomic E-state index is 0.666. The normalized spacial score (nSPS) is 20.5. The van der Waals surface area contributed by atoms with Crippen LogP contribution in [0.2, 0.25) is 0 Å². The summed E-state index contributed by atoms with van der Waals surface area (Å²) in [5.74, 6) is 0.666. The van der Waals surface area contributed by atoms with Gasteiger partial charge in [0.2, 0.25) is 0 Å². The first-order valence-electron chi connectivity index (χ1n) is 6.85. The lowest BCUT2D eigenvalue weighted by molar-refractivity contribution is 0.152. The number of piperidine rings is 1. The molecule has 100 valence electrons. The van der Waals surface area contributed by atoms with E-state index in [-0.39, 0.29) is 0 Å². The van der Waals surface area contributed by atoms with Gasteiger partial charge >= 0.3 is 0 Å². The average molecular weight is 257 g/mol. The van der Waals surface area contributed by atoms with Gasteiger partial charge in [-0.3, -0.25) is 14.6 Å². The highest BCUT2D eigenvalue weighted by atomic mass is 15.3. The van der Waals surface area contributed by atoms with Gasteiger partial charge in [-0.25, -0.2) is 4.98 Å². The molecule has 1 atom stereocenters. The second-order valence-corrected chi connectivity index (χ2v) is 5.18. The largest absolute Gasteiger partial charge is 0.297 e. The van der Waals surface area contributed by atoms with Crippen LogP contribution in [0.25, 0.3) is 0 Å². The Morgan fingerprint density at radius 2 is 2.32 bits per heavy atom. The van der Waals surface area contributed by atoms with Gasteiger partial charge in [-0.15, -0.1) is 0 Å². The average Bonchev–Trinajstić information content (AvgIpc) is 2.93. The van der Waals surface area contributed by atoms with Crippen molar-refractivity contribution in [2.75, 3.05) is 13.1 Å². The molecule has 5 nitrogen and oxygen atoms in total. The minimum Gasteiger partial charge on any atom is -0.297 e. The second-order valence-electron chi connectivity index (χ2n) is 5.18. The zero-order chi connectivity index (χ0) is 12.9. The van der Waals surface area contributed by atoms with Gasteiger partial charge in [0, 0.05) is 25.8 Å². The molecular formula is C14H19N5. The molecule has 1 aliphatic rings. The molecule has 3 rings (SSSR count). The number of hydrogen-bond donors (Lipinski definition) is 0. The van der Waals surface area contributed by atoms with Gasteiger partial charge in [-0.2, -0.15) is 5.10 Å². The Kier molecular flexibility index (Phi) is 3.83. The third kappa shape index (κ3) is 3.38. The summed E-state index contributed by atoms with van der Waals surface area (Å²) in [5, 5.41) is 4.19. The van der Waals surface area contributed by atoms with E-state index in [0.29, 0.717) is 5.92 Å². The van der Waals surface area contributed by atoms with Crippen molar-refractivity contribution in [2.24, 2.45) is 5.92 Å². The molecule has 5 heteroatoms. The van der Waals surface area contributed by atoms with Crippen LogP contribution >= 0.6 is 0 Å². The summed E-state index contributed by atoms with van der Waals surface area (Å²) < 4.78 is 1.94. The van der Waals surface area contributed by atoms with Crippen molar-refractivity contribution in [1.29, 1.82) is 0 Å². The van der Waals surface area contributed by atoms with Gasteiger partial charge in [-0.05, 0) is 37.4 Å². The summed E-state index contributed by atoms with van der Waals surface area (Å²) in [4.78, 5) is 10.9. The Hall–Kier alpha value is -1.75. The molecule has 0 aromatic carbocycles. The Balaban J connectivity index is 1.56. The first kappa shape index (κ1) is 12.3. The summed E-state index contributed by atoms with van der Waals surface area (Å²) >= 11 is 0. The van der Waals surface area contributed by atoms with Gasteiger partial charge in [0.1, 0.15) is 12.7 Å². The van der Waals surface area contributed by atoms with Crippen LogP contribution in [-0.4, -0.2) is 37.7 Å². The van der Waals surface area contributed by atoms with E-state index < -0.39 is 0 Å². The number of likely N-dealkylation sites (tertiary alicyclic amines) is 1. The number of pyridine rings is 1. The Labute approximate surface area is 113 Å². The minimum atomic E-state index is 0.666. The van der Waals surface area contributed by atoms with Crippen molar-refractivity contribution < 1.29 is 0 Å². The van der Waals surface area contributed by atoms with Crippen LogP contribution in [0.5, 0.6) is 0 Å². The monoisotopic (exact) mass is 257 g/mol. The predicted molar refractivity (Wildman–Crippen MR) is 72.3 cm³/mol. The van der Waals surface area contributed by atoms with Crippen LogP contribution in [0.15, 0.2) is 37.1 Å². The van der Waals surface area contributed by atoms with Crippen LogP contribution in [0.3, 0.4) is 0 Å². The maximum absolute atomic E-state index is 4.40. The van der Waals surface area contributed by atoms with Gasteiger partial charge in [0.05, 0.1) is 5.69 Å². The van der Waals surface area contributed by atoms with E-state index in [1.54, 1.807) is 12.7 Å². The van der Waals surface area contributed by atoms with Crippen molar-refractivity contribution in [1.82, 2.24) is 24.6 Å². The number of aromatic nitrogens is 4. The van der Waals surface area contributed by atoms with Crippen molar-refractivity contribution in [3.63, 3.8) is 0 Å². The molecule has 1 saturated heterocycles. The molecule has 1 fully saturated rings. The van der Waals surface area contributed by atoms with Crippen molar-refractivity contribution in [3.05, 3.63) is 42.7 Å². The molecule has 3 heterocycles. The Morgan fingerprint density at radius 1 is 1.32 bits per heavy atom. The van der Waals surface area contributed by atoms with Gasteiger partial charge < -0.3 is 0 Å². The lowest BCUT2D eigenvalue weighted by Crippen LogP contribution is -2.36. The van der Waals surface area contributed by atoms with E-state index in [0.717, 1.165) is 25.3 Å². The predicted octanol–water partition coefficient (Wildman–Crippen LogP) is 1.59. The van der Waals surface area contributed by atoms with Crippen LogP contribution in [0, 0.1) is 5.92 Å². The van der Waals surface area contributed by atoms with E-state index >= 15 is 0 Å². The second kappa shape index (κ2) is 5.93. The molecule has 0 amide bonds. The van der Waals surface area contributed by atoms with Gasteiger partial charge in [0.25, 0.3) is 0 Å². The first-order chi connectivity index (χ1) is 9.40. The quantitative estimate of drug-likeness (QED) is 0.834. The van der Waals surface area contributed by atoms with E-state index in [4.69, 9.17) is 0 Å². The molecule has 0 saturated carbocycles.